The molecule has 0 atom stereocenters. The van der Waals surface area contributed by atoms with E-state index in [0.717, 1.165) is 5.56 Å². The minimum Gasteiger partial charge on any atom is -0.368 e. The van der Waals surface area contributed by atoms with E-state index in [1.165, 1.54) is 4.68 Å². The van der Waals surface area contributed by atoms with E-state index in [-0.39, 0.29) is 11.9 Å². The second kappa shape index (κ2) is 5.37. The Hall–Kier alpha value is -2.28. The molecule has 0 bridgehead atoms. The van der Waals surface area contributed by atoms with E-state index in [2.05, 4.69) is 20.4 Å². The summed E-state index contributed by atoms with van der Waals surface area (Å²) in [6.45, 7) is 0. The average molecular weight is 260 g/mol. The van der Waals surface area contributed by atoms with Gasteiger partial charge in [-0.05, 0) is 17.8 Å². The molecule has 0 aliphatic carbocycles. The summed E-state index contributed by atoms with van der Waals surface area (Å²) in [4.78, 5) is 8.14. The highest BCUT2D eigenvalue weighted by Gasteiger charge is 2.08. The van der Waals surface area contributed by atoms with Gasteiger partial charge in [-0.25, -0.2) is 4.99 Å². The van der Waals surface area contributed by atoms with Crippen LogP contribution in [0.15, 0.2) is 35.3 Å². The number of nitrogens with one attached hydrogen (secondary N) is 1. The maximum atomic E-state index is 5.67. The van der Waals surface area contributed by atoms with E-state index in [1.807, 2.05) is 30.3 Å². The Morgan fingerprint density at radius 1 is 1.44 bits per heavy atom. The zero-order valence-corrected chi connectivity index (χ0v) is 10.6. The highest BCUT2D eigenvalue weighted by atomic mass is 32.1. The van der Waals surface area contributed by atoms with Crippen LogP contribution in [-0.4, -0.2) is 33.1 Å². The molecule has 0 amide bonds. The lowest BCUT2D eigenvalue weighted by molar-refractivity contribution is 0.912. The molecule has 18 heavy (non-hydrogen) atoms. The van der Waals surface area contributed by atoms with Gasteiger partial charge in [-0.1, -0.05) is 30.3 Å². The molecule has 0 aliphatic heterocycles. The molecule has 0 aliphatic rings. The number of nitrogen functional groups attached to an aromatic ring is 1. The Kier molecular flexibility index (Phi) is 3.63. The Bertz CT molecular complexity index is 574. The highest BCUT2D eigenvalue weighted by Crippen LogP contribution is 2.08. The summed E-state index contributed by atoms with van der Waals surface area (Å²) in [6.07, 6.45) is 1.67. The molecule has 1 heterocycles. The van der Waals surface area contributed by atoms with Gasteiger partial charge in [0, 0.05) is 13.3 Å². The summed E-state index contributed by atoms with van der Waals surface area (Å²) in [5.74, 6) is 0.475. The fraction of sp³-hybridized carbons (Fsp3) is 0.0909. The van der Waals surface area contributed by atoms with Crippen LogP contribution in [0.25, 0.3) is 0 Å². The van der Waals surface area contributed by atoms with Gasteiger partial charge >= 0.3 is 0 Å². The number of aromatic nitrogens is 3. The lowest BCUT2D eigenvalue weighted by atomic mass is 10.2. The van der Waals surface area contributed by atoms with E-state index < -0.39 is 0 Å². The van der Waals surface area contributed by atoms with Crippen molar-refractivity contribution in [3.05, 3.63) is 35.9 Å². The Balaban J connectivity index is 2.21. The lowest BCUT2D eigenvalue weighted by Gasteiger charge is -2.00. The van der Waals surface area contributed by atoms with Crippen LogP contribution < -0.4 is 11.1 Å². The first-order chi connectivity index (χ1) is 8.70. The molecule has 3 N–H and O–H groups in total. The first-order valence-electron chi connectivity index (χ1n) is 5.24. The van der Waals surface area contributed by atoms with E-state index in [9.17, 15) is 0 Å². The van der Waals surface area contributed by atoms with Gasteiger partial charge in [-0.15, -0.1) is 5.10 Å². The van der Waals surface area contributed by atoms with Crippen molar-refractivity contribution in [3.8, 4) is 0 Å². The van der Waals surface area contributed by atoms with E-state index in [1.54, 1.807) is 13.3 Å². The van der Waals surface area contributed by atoms with E-state index >= 15 is 0 Å². The predicted octanol–water partition coefficient (Wildman–Crippen LogP) is 0.963. The number of benzene rings is 1. The summed E-state index contributed by atoms with van der Waals surface area (Å²) in [5, 5.41) is 7.22. The number of aliphatic imine (C=N–C) groups is 1. The maximum Gasteiger partial charge on any atom is 0.270 e. The third-order valence-electron chi connectivity index (χ3n) is 2.16. The first kappa shape index (κ1) is 12.2. The standard InChI is InChI=1S/C11H12N6S/c1-13-11(18)17-9(12)15-10(16-17)14-7-8-5-3-2-4-6-8/h2-7H,1H3,(H,13,18)(H2,12,15,16)/b14-7+. The molecular weight excluding hydrogens is 248 g/mol. The van der Waals surface area contributed by atoms with Crippen molar-refractivity contribution in [2.75, 3.05) is 12.8 Å². The first-order valence-corrected chi connectivity index (χ1v) is 5.65. The fourth-order valence-corrected chi connectivity index (χ4v) is 1.43. The Morgan fingerprint density at radius 2 is 2.17 bits per heavy atom. The second-order valence-electron chi connectivity index (χ2n) is 3.41. The van der Waals surface area contributed by atoms with E-state index in [4.69, 9.17) is 18.0 Å². The number of thiocarbonyl (C=S) groups is 1. The fourth-order valence-electron chi connectivity index (χ4n) is 1.29. The minimum atomic E-state index is 0.203. The van der Waals surface area contributed by atoms with Crippen LogP contribution in [0.1, 0.15) is 5.56 Å². The van der Waals surface area contributed by atoms with Gasteiger partial charge in [0.2, 0.25) is 5.95 Å². The molecule has 7 heteroatoms. The predicted molar refractivity (Wildman–Crippen MR) is 75.2 cm³/mol. The number of rotatable bonds is 2. The molecule has 92 valence electrons. The van der Waals surface area contributed by atoms with Crippen LogP contribution in [-0.2, 0) is 0 Å². The highest BCUT2D eigenvalue weighted by molar-refractivity contribution is 7.80. The molecule has 0 fully saturated rings. The third-order valence-corrected chi connectivity index (χ3v) is 2.53. The van der Waals surface area contributed by atoms with Gasteiger partial charge in [0.05, 0.1) is 0 Å². The van der Waals surface area contributed by atoms with E-state index in [0.29, 0.717) is 5.11 Å². The van der Waals surface area contributed by atoms with Crippen LogP contribution in [0.3, 0.4) is 0 Å². The lowest BCUT2D eigenvalue weighted by Crippen LogP contribution is -2.26. The second-order valence-corrected chi connectivity index (χ2v) is 3.79. The molecule has 2 rings (SSSR count). The Morgan fingerprint density at radius 3 is 2.83 bits per heavy atom. The molecule has 0 radical (unpaired) electrons. The van der Waals surface area contributed by atoms with Crippen molar-refractivity contribution in [1.82, 2.24) is 20.1 Å². The smallest absolute Gasteiger partial charge is 0.270 e. The van der Waals surface area contributed by atoms with Crippen molar-refractivity contribution < 1.29 is 0 Å². The molecule has 0 saturated carbocycles. The monoisotopic (exact) mass is 260 g/mol. The SMILES string of the molecule is CNC(=S)n1nc(/N=C/c2ccccc2)nc1N. The van der Waals surface area contributed by atoms with Gasteiger partial charge in [0.1, 0.15) is 0 Å². The summed E-state index contributed by atoms with van der Waals surface area (Å²) < 4.78 is 1.33. The van der Waals surface area contributed by atoms with Gasteiger partial charge in [-0.2, -0.15) is 9.67 Å². The summed E-state index contributed by atoms with van der Waals surface area (Å²) in [5.41, 5.74) is 6.64. The minimum absolute atomic E-state index is 0.203. The molecule has 1 aromatic heterocycles. The summed E-state index contributed by atoms with van der Waals surface area (Å²) >= 11 is 5.02. The van der Waals surface area contributed by atoms with Gasteiger partial charge in [-0.3, -0.25) is 0 Å². The number of hydrogen-bond donors (Lipinski definition) is 2. The normalized spacial score (nSPS) is 10.7. The number of hydrogen-bond acceptors (Lipinski definition) is 5. The number of nitrogens with zero attached hydrogens (tertiary/aromatic N) is 4. The van der Waals surface area contributed by atoms with Crippen LogP contribution >= 0.6 is 12.2 Å². The van der Waals surface area contributed by atoms with Crippen LogP contribution in [0.2, 0.25) is 0 Å². The quantitative estimate of drug-likeness (QED) is 0.621. The molecule has 1 aromatic carbocycles. The average Bonchev–Trinajstić information content (AvgIpc) is 2.78. The van der Waals surface area contributed by atoms with Crippen LogP contribution in [0.4, 0.5) is 11.9 Å². The van der Waals surface area contributed by atoms with Crippen molar-refractivity contribution in [3.63, 3.8) is 0 Å². The van der Waals surface area contributed by atoms with Gasteiger partial charge < -0.3 is 11.1 Å². The zero-order chi connectivity index (χ0) is 13.0. The molecule has 0 saturated heterocycles. The van der Waals surface area contributed by atoms with Crippen molar-refractivity contribution in [2.24, 2.45) is 4.99 Å². The molecular formula is C11H12N6S. The van der Waals surface area contributed by atoms with Gasteiger partial charge in [0.15, 0.2) is 5.11 Å². The van der Waals surface area contributed by atoms with Gasteiger partial charge in [0.25, 0.3) is 5.95 Å². The molecule has 2 aromatic rings. The zero-order valence-electron chi connectivity index (χ0n) is 9.74. The molecule has 6 nitrogen and oxygen atoms in total. The largest absolute Gasteiger partial charge is 0.368 e. The number of anilines is 1. The molecule has 0 unspecified atom stereocenters. The van der Waals surface area contributed by atoms with Crippen molar-refractivity contribution in [1.29, 1.82) is 0 Å². The van der Waals surface area contributed by atoms with Crippen molar-refractivity contribution >= 4 is 35.4 Å². The maximum absolute atomic E-state index is 5.67. The van der Waals surface area contributed by atoms with Crippen molar-refractivity contribution in [2.45, 2.75) is 0 Å². The van der Waals surface area contributed by atoms with Crippen LogP contribution in [0.5, 0.6) is 0 Å². The van der Waals surface area contributed by atoms with Crippen LogP contribution in [0, 0.1) is 0 Å². The topological polar surface area (TPSA) is 81.1 Å². The summed E-state index contributed by atoms with van der Waals surface area (Å²) in [6, 6.07) is 9.66. The molecule has 0 spiro atoms. The number of nitrogens with two attached hydrogens (primary N) is 1. The third kappa shape index (κ3) is 2.69. The summed E-state index contributed by atoms with van der Waals surface area (Å²) in [7, 11) is 1.69. The Labute approximate surface area is 110 Å².